The summed E-state index contributed by atoms with van der Waals surface area (Å²) in [5.74, 6) is -0.574. The van der Waals surface area contributed by atoms with Crippen LogP contribution >= 0.6 is 0 Å². The molecule has 0 saturated carbocycles. The van der Waals surface area contributed by atoms with Gasteiger partial charge in [-0.05, 0) is 24.1 Å². The molecular formula is C17H19N3O3. The van der Waals surface area contributed by atoms with Gasteiger partial charge in [-0.2, -0.15) is 5.10 Å². The van der Waals surface area contributed by atoms with Crippen molar-refractivity contribution in [3.8, 4) is 0 Å². The fourth-order valence-electron chi connectivity index (χ4n) is 2.92. The summed E-state index contributed by atoms with van der Waals surface area (Å²) in [5.41, 5.74) is 2.60. The molecule has 1 aromatic heterocycles. The van der Waals surface area contributed by atoms with Gasteiger partial charge >= 0.3 is 5.97 Å². The first kappa shape index (κ1) is 15.3. The van der Waals surface area contributed by atoms with Gasteiger partial charge in [-0.3, -0.25) is 9.48 Å². The average molecular weight is 313 g/mol. The predicted octanol–water partition coefficient (Wildman–Crippen LogP) is 1.55. The topological polar surface area (TPSA) is 64.4 Å². The number of ether oxygens (including phenoxy) is 1. The lowest BCUT2D eigenvalue weighted by Gasteiger charge is -2.35. The minimum Gasteiger partial charge on any atom is -0.464 e. The molecule has 23 heavy (non-hydrogen) atoms. The van der Waals surface area contributed by atoms with E-state index in [-0.39, 0.29) is 11.9 Å². The number of carbonyl (C=O) groups is 2. The van der Waals surface area contributed by atoms with Crippen molar-refractivity contribution in [2.24, 2.45) is 7.05 Å². The maximum Gasteiger partial charge on any atom is 0.329 e. The standard InChI is InChI=1S/C17H19N3O3/c1-3-23-17(22)15-10-12-6-4-5-7-13(12)11-20(15)16(21)14-8-9-18-19(14)2/h4-9,15H,3,10-11H2,1-2H3. The molecule has 0 N–H and O–H groups in total. The van der Waals surface area contributed by atoms with Crippen LogP contribution in [0.3, 0.4) is 0 Å². The number of hydrogen-bond donors (Lipinski definition) is 0. The maximum absolute atomic E-state index is 12.9. The number of carbonyl (C=O) groups excluding carboxylic acids is 2. The molecule has 6 nitrogen and oxygen atoms in total. The van der Waals surface area contributed by atoms with Crippen LogP contribution in [0.5, 0.6) is 0 Å². The number of nitrogens with zero attached hydrogens (tertiary/aromatic N) is 3. The van der Waals surface area contributed by atoms with Gasteiger partial charge in [-0.15, -0.1) is 0 Å². The minimum absolute atomic E-state index is 0.211. The number of aryl methyl sites for hydroxylation is 1. The van der Waals surface area contributed by atoms with Crippen LogP contribution in [0.2, 0.25) is 0 Å². The minimum atomic E-state index is -0.604. The number of aromatic nitrogens is 2. The van der Waals surface area contributed by atoms with Gasteiger partial charge in [0.1, 0.15) is 11.7 Å². The summed E-state index contributed by atoms with van der Waals surface area (Å²) in [7, 11) is 1.71. The van der Waals surface area contributed by atoms with Crippen LogP contribution in [0.1, 0.15) is 28.5 Å². The molecule has 1 aliphatic heterocycles. The van der Waals surface area contributed by atoms with Gasteiger partial charge in [-0.25, -0.2) is 4.79 Å². The van der Waals surface area contributed by atoms with E-state index in [0.717, 1.165) is 11.1 Å². The highest BCUT2D eigenvalue weighted by molar-refractivity contribution is 5.95. The molecule has 1 atom stereocenters. The fourth-order valence-corrected chi connectivity index (χ4v) is 2.92. The molecule has 0 saturated heterocycles. The van der Waals surface area contributed by atoms with Crippen molar-refractivity contribution in [2.75, 3.05) is 6.61 Å². The van der Waals surface area contributed by atoms with E-state index in [4.69, 9.17) is 4.74 Å². The highest BCUT2D eigenvalue weighted by Crippen LogP contribution is 2.25. The number of amides is 1. The average Bonchev–Trinajstić information content (AvgIpc) is 2.99. The zero-order valence-corrected chi connectivity index (χ0v) is 13.2. The molecule has 0 spiro atoms. The molecule has 1 aromatic carbocycles. The van der Waals surface area contributed by atoms with Crippen LogP contribution < -0.4 is 0 Å². The Kier molecular flexibility index (Phi) is 4.14. The Labute approximate surface area is 134 Å². The molecule has 0 bridgehead atoms. The van der Waals surface area contributed by atoms with E-state index in [1.54, 1.807) is 31.1 Å². The van der Waals surface area contributed by atoms with Gasteiger partial charge in [0.15, 0.2) is 0 Å². The van der Waals surface area contributed by atoms with Gasteiger partial charge in [0.2, 0.25) is 0 Å². The molecule has 0 aliphatic carbocycles. The van der Waals surface area contributed by atoms with Gasteiger partial charge < -0.3 is 9.64 Å². The van der Waals surface area contributed by atoms with Crippen LogP contribution in [0.25, 0.3) is 0 Å². The first-order chi connectivity index (χ1) is 11.1. The number of hydrogen-bond acceptors (Lipinski definition) is 4. The summed E-state index contributed by atoms with van der Waals surface area (Å²) in [4.78, 5) is 26.8. The Balaban J connectivity index is 1.96. The summed E-state index contributed by atoms with van der Waals surface area (Å²) in [6, 6.07) is 8.92. The van der Waals surface area contributed by atoms with Crippen LogP contribution in [0.4, 0.5) is 0 Å². The van der Waals surface area contributed by atoms with Gasteiger partial charge in [-0.1, -0.05) is 24.3 Å². The maximum atomic E-state index is 12.9. The van der Waals surface area contributed by atoms with E-state index < -0.39 is 6.04 Å². The van der Waals surface area contributed by atoms with Crippen molar-refractivity contribution in [2.45, 2.75) is 25.9 Å². The SMILES string of the molecule is CCOC(=O)C1Cc2ccccc2CN1C(=O)c1ccnn1C. The van der Waals surface area contributed by atoms with Crippen LogP contribution in [-0.2, 0) is 29.5 Å². The molecule has 2 heterocycles. The highest BCUT2D eigenvalue weighted by atomic mass is 16.5. The lowest BCUT2D eigenvalue weighted by Crippen LogP contribution is -2.49. The highest BCUT2D eigenvalue weighted by Gasteiger charge is 2.36. The number of benzene rings is 1. The molecule has 6 heteroatoms. The second-order valence-corrected chi connectivity index (χ2v) is 5.51. The van der Waals surface area contributed by atoms with Crippen molar-refractivity contribution >= 4 is 11.9 Å². The first-order valence-corrected chi connectivity index (χ1v) is 7.64. The summed E-state index contributed by atoms with van der Waals surface area (Å²) in [5, 5.41) is 4.04. The summed E-state index contributed by atoms with van der Waals surface area (Å²) in [6.45, 7) is 2.45. The third-order valence-corrected chi connectivity index (χ3v) is 4.11. The first-order valence-electron chi connectivity index (χ1n) is 7.64. The summed E-state index contributed by atoms with van der Waals surface area (Å²) < 4.78 is 6.69. The van der Waals surface area contributed by atoms with Crippen molar-refractivity contribution < 1.29 is 14.3 Å². The van der Waals surface area contributed by atoms with Crippen LogP contribution in [0, 0.1) is 0 Å². The largest absolute Gasteiger partial charge is 0.464 e. The number of esters is 1. The summed E-state index contributed by atoms with van der Waals surface area (Å²) >= 11 is 0. The van der Waals surface area contributed by atoms with E-state index in [0.29, 0.717) is 25.3 Å². The van der Waals surface area contributed by atoms with Crippen molar-refractivity contribution in [1.29, 1.82) is 0 Å². The van der Waals surface area contributed by atoms with Gasteiger partial charge in [0, 0.05) is 26.2 Å². The number of fused-ring (bicyclic) bond motifs is 1. The quantitative estimate of drug-likeness (QED) is 0.807. The normalized spacial score (nSPS) is 16.8. The van der Waals surface area contributed by atoms with E-state index >= 15 is 0 Å². The second-order valence-electron chi connectivity index (χ2n) is 5.51. The molecule has 1 amide bonds. The Hall–Kier alpha value is -2.63. The Bertz CT molecular complexity index is 738. The smallest absolute Gasteiger partial charge is 0.329 e. The molecule has 0 radical (unpaired) electrons. The summed E-state index contributed by atoms with van der Waals surface area (Å²) in [6.07, 6.45) is 2.04. The third-order valence-electron chi connectivity index (χ3n) is 4.11. The second kappa shape index (κ2) is 6.24. The zero-order chi connectivity index (χ0) is 16.4. The molecule has 3 rings (SSSR count). The Morgan fingerprint density at radius 2 is 2.00 bits per heavy atom. The van der Waals surface area contributed by atoms with Crippen molar-refractivity contribution in [1.82, 2.24) is 14.7 Å². The molecular weight excluding hydrogens is 294 g/mol. The Morgan fingerprint density at radius 1 is 1.26 bits per heavy atom. The van der Waals surface area contributed by atoms with Crippen LogP contribution in [0.15, 0.2) is 36.5 Å². The molecule has 0 fully saturated rings. The molecule has 2 aromatic rings. The van der Waals surface area contributed by atoms with Gasteiger partial charge in [0.25, 0.3) is 5.91 Å². The van der Waals surface area contributed by atoms with Crippen molar-refractivity contribution in [3.05, 3.63) is 53.3 Å². The molecule has 120 valence electrons. The predicted molar refractivity (Wildman–Crippen MR) is 83.6 cm³/mol. The van der Waals surface area contributed by atoms with E-state index in [2.05, 4.69) is 5.10 Å². The molecule has 1 aliphatic rings. The van der Waals surface area contributed by atoms with Crippen LogP contribution in [-0.4, -0.2) is 39.2 Å². The lowest BCUT2D eigenvalue weighted by molar-refractivity contribution is -0.149. The third kappa shape index (κ3) is 2.84. The Morgan fingerprint density at radius 3 is 2.65 bits per heavy atom. The number of rotatable bonds is 3. The lowest BCUT2D eigenvalue weighted by atomic mass is 9.93. The van der Waals surface area contributed by atoms with E-state index in [1.165, 1.54) is 4.68 Å². The van der Waals surface area contributed by atoms with Gasteiger partial charge in [0.05, 0.1) is 6.61 Å². The fraction of sp³-hybridized carbons (Fsp3) is 0.353. The van der Waals surface area contributed by atoms with E-state index in [1.807, 2.05) is 24.3 Å². The molecule has 1 unspecified atom stereocenters. The van der Waals surface area contributed by atoms with Crippen molar-refractivity contribution in [3.63, 3.8) is 0 Å². The van der Waals surface area contributed by atoms with E-state index in [9.17, 15) is 9.59 Å². The zero-order valence-electron chi connectivity index (χ0n) is 13.2. The monoisotopic (exact) mass is 313 g/mol.